The minimum Gasteiger partial charge on any atom is -0.748 e. The van der Waals surface area contributed by atoms with Crippen molar-refractivity contribution < 1.29 is 85.1 Å². The summed E-state index contributed by atoms with van der Waals surface area (Å²) in [7, 11) is -9.14. The fourth-order valence-corrected chi connectivity index (χ4v) is 6.02. The molecular formula is C27H42N2Na2O6S3. The third-order valence-corrected chi connectivity index (χ3v) is 9.49. The van der Waals surface area contributed by atoms with Gasteiger partial charge in [-0.1, -0.05) is 89.8 Å². The second-order valence-electron chi connectivity index (χ2n) is 10.3. The number of fused-ring (bicyclic) bond motifs is 1. The van der Waals surface area contributed by atoms with Crippen LogP contribution in [0.1, 0.15) is 115 Å². The molecule has 40 heavy (non-hydrogen) atoms. The molecule has 2 aromatic rings. The predicted octanol–water partition coefficient (Wildman–Crippen LogP) is 0.345. The summed E-state index contributed by atoms with van der Waals surface area (Å²) in [4.78, 5) is 7.82. The first kappa shape index (κ1) is 40.6. The monoisotopic (exact) mass is 632 g/mol. The molecule has 1 heterocycles. The molecule has 1 N–H and O–H groups in total. The molecule has 1 atom stereocenters. The number of thiocarbonyl (C=S) groups is 1. The number of hydrogen-bond acceptors (Lipinski definition) is 8. The smallest absolute Gasteiger partial charge is 0.748 e. The summed E-state index contributed by atoms with van der Waals surface area (Å²) in [5, 5.41) is -1.07. The number of aryl methyl sites for hydroxylation is 1. The number of aromatic nitrogens is 2. The number of nitrogens with one attached hydrogen (secondary N) is 1. The molecule has 0 amide bonds. The van der Waals surface area contributed by atoms with Crippen LogP contribution in [0.2, 0.25) is 0 Å². The van der Waals surface area contributed by atoms with Gasteiger partial charge in [-0.3, -0.25) is 0 Å². The summed E-state index contributed by atoms with van der Waals surface area (Å²) >= 11 is 5.56. The number of imidazole rings is 1. The van der Waals surface area contributed by atoms with Crippen LogP contribution >= 0.6 is 12.2 Å². The van der Waals surface area contributed by atoms with Crippen LogP contribution < -0.4 is 59.1 Å². The molecule has 1 unspecified atom stereocenters. The van der Waals surface area contributed by atoms with Crippen LogP contribution in [0.15, 0.2) is 17.0 Å². The number of nitrogens with zero attached hydrogens (tertiary/aromatic N) is 1. The van der Waals surface area contributed by atoms with Crippen molar-refractivity contribution in [3.8, 4) is 0 Å². The molecule has 0 aliphatic heterocycles. The topological polar surface area (TPSA) is 143 Å². The molecule has 0 aliphatic rings. The molecule has 1 aromatic heterocycles. The molecular weight excluding hydrogens is 590 g/mol. The van der Waals surface area contributed by atoms with Gasteiger partial charge in [0.1, 0.15) is 15.9 Å². The van der Waals surface area contributed by atoms with Gasteiger partial charge < -0.3 is 14.1 Å². The Bertz CT molecular complexity index is 1250. The summed E-state index contributed by atoms with van der Waals surface area (Å²) in [6, 6.07) is 2.74. The van der Waals surface area contributed by atoms with E-state index in [0.29, 0.717) is 28.1 Å². The van der Waals surface area contributed by atoms with Crippen molar-refractivity contribution in [1.82, 2.24) is 9.97 Å². The van der Waals surface area contributed by atoms with Crippen molar-refractivity contribution in [3.05, 3.63) is 23.5 Å². The summed E-state index contributed by atoms with van der Waals surface area (Å²) in [6.45, 7) is 3.57. The third-order valence-electron chi connectivity index (χ3n) is 7.00. The Labute approximate surface area is 290 Å². The van der Waals surface area contributed by atoms with Gasteiger partial charge >= 0.3 is 59.1 Å². The standard InChI is InChI=1S/C27H44N2O6S3.2Na/c1-3-4-5-6-7-8-9-10-11-12-13-14-15-22(36)20-23-25(38(33,34)35)18-17-24-27(23)29-26(28-24)19-16-21(2)37(30,31)32;;/h17-18,21H,3-16,19-20H2,1-2H3,(H,28,29)(H,30,31,32)(H,33,34,35);;/q;2*+1/p-2. The number of rotatable bonds is 20. The van der Waals surface area contributed by atoms with Crippen molar-refractivity contribution in [3.63, 3.8) is 0 Å². The quantitative estimate of drug-likeness (QED) is 0.0954. The van der Waals surface area contributed by atoms with E-state index in [0.717, 1.165) is 19.3 Å². The third kappa shape index (κ3) is 14.9. The molecule has 1 aromatic carbocycles. The molecule has 13 heteroatoms. The summed E-state index contributed by atoms with van der Waals surface area (Å²) in [6.07, 6.45) is 15.9. The van der Waals surface area contributed by atoms with Crippen LogP contribution in [0.3, 0.4) is 0 Å². The van der Waals surface area contributed by atoms with Crippen LogP contribution in [0.25, 0.3) is 11.0 Å². The van der Waals surface area contributed by atoms with Crippen molar-refractivity contribution in [2.45, 2.75) is 127 Å². The van der Waals surface area contributed by atoms with E-state index >= 15 is 0 Å². The molecule has 0 saturated carbocycles. The van der Waals surface area contributed by atoms with Gasteiger partial charge in [0.25, 0.3) is 0 Å². The van der Waals surface area contributed by atoms with Crippen LogP contribution in [0, 0.1) is 0 Å². The summed E-state index contributed by atoms with van der Waals surface area (Å²) in [5.41, 5.74) is 1.15. The Morgan fingerprint density at radius 1 is 0.900 bits per heavy atom. The van der Waals surface area contributed by atoms with Crippen molar-refractivity contribution in [1.29, 1.82) is 0 Å². The minimum atomic E-state index is -4.74. The van der Waals surface area contributed by atoms with Gasteiger partial charge in [0, 0.05) is 23.7 Å². The maximum atomic E-state index is 11.9. The Hall–Kier alpha value is 0.600. The van der Waals surface area contributed by atoms with Crippen LogP contribution in [-0.2, 0) is 33.1 Å². The van der Waals surface area contributed by atoms with Gasteiger partial charge in [0.2, 0.25) is 0 Å². The van der Waals surface area contributed by atoms with E-state index in [-0.39, 0.29) is 88.8 Å². The van der Waals surface area contributed by atoms with E-state index in [2.05, 4.69) is 16.9 Å². The van der Waals surface area contributed by atoms with E-state index < -0.39 is 25.5 Å². The Kier molecular flexibility index (Phi) is 20.8. The molecule has 0 saturated heterocycles. The second-order valence-corrected chi connectivity index (χ2v) is 14.0. The first-order valence-corrected chi connectivity index (χ1v) is 17.1. The van der Waals surface area contributed by atoms with Gasteiger partial charge in [0.05, 0.1) is 26.0 Å². The number of benzene rings is 1. The zero-order valence-electron chi connectivity index (χ0n) is 24.7. The summed E-state index contributed by atoms with van der Waals surface area (Å²) in [5.74, 6) is 0.420. The Morgan fingerprint density at radius 2 is 1.43 bits per heavy atom. The molecule has 0 fully saturated rings. The number of unbranched alkanes of at least 4 members (excludes halogenated alkanes) is 11. The largest absolute Gasteiger partial charge is 1.00 e. The SMILES string of the molecule is CCCCCCCCCCCCCCC(=S)Cc1c(S(=O)(=O)[O-])ccc2[nH]c(CCC(C)S(=O)(=O)[O-])nc12.[Na+].[Na+]. The average molecular weight is 633 g/mol. The predicted molar refractivity (Wildman–Crippen MR) is 154 cm³/mol. The minimum absolute atomic E-state index is 0. The van der Waals surface area contributed by atoms with E-state index in [1.165, 1.54) is 76.8 Å². The van der Waals surface area contributed by atoms with E-state index in [1.54, 1.807) is 0 Å². The molecule has 0 radical (unpaired) electrons. The van der Waals surface area contributed by atoms with Gasteiger partial charge in [-0.15, -0.1) is 0 Å². The van der Waals surface area contributed by atoms with Crippen LogP contribution in [-0.4, -0.2) is 46.0 Å². The molecule has 8 nitrogen and oxygen atoms in total. The molecule has 2 rings (SSSR count). The number of aromatic amines is 1. The zero-order chi connectivity index (χ0) is 28.2. The van der Waals surface area contributed by atoms with Gasteiger partial charge in [0.15, 0.2) is 0 Å². The van der Waals surface area contributed by atoms with Crippen molar-refractivity contribution in [2.24, 2.45) is 0 Å². The Morgan fingerprint density at radius 3 is 1.93 bits per heavy atom. The average Bonchev–Trinajstić information content (AvgIpc) is 3.25. The van der Waals surface area contributed by atoms with Gasteiger partial charge in [-0.25, -0.2) is 21.8 Å². The van der Waals surface area contributed by atoms with E-state index in [1.807, 2.05) is 0 Å². The number of hydrogen-bond donors (Lipinski definition) is 1. The normalized spacial score (nSPS) is 12.6. The fourth-order valence-electron chi connectivity index (χ4n) is 4.62. The number of H-pyrrole nitrogens is 1. The van der Waals surface area contributed by atoms with Crippen molar-refractivity contribution in [2.75, 3.05) is 0 Å². The van der Waals surface area contributed by atoms with Crippen molar-refractivity contribution >= 4 is 48.4 Å². The second kappa shape index (κ2) is 20.5. The summed E-state index contributed by atoms with van der Waals surface area (Å²) < 4.78 is 69.4. The van der Waals surface area contributed by atoms with E-state index in [9.17, 15) is 25.9 Å². The molecule has 0 bridgehead atoms. The van der Waals surface area contributed by atoms with E-state index in [4.69, 9.17) is 12.2 Å². The molecule has 216 valence electrons. The maximum Gasteiger partial charge on any atom is 1.00 e. The molecule has 0 spiro atoms. The first-order valence-electron chi connectivity index (χ1n) is 13.9. The van der Waals surface area contributed by atoms with Crippen LogP contribution in [0.5, 0.6) is 0 Å². The fraction of sp³-hybridized carbons (Fsp3) is 0.704. The van der Waals surface area contributed by atoms with Gasteiger partial charge in [-0.05, 0) is 43.2 Å². The zero-order valence-corrected chi connectivity index (χ0v) is 31.1. The maximum absolute atomic E-state index is 11.9. The van der Waals surface area contributed by atoms with Crippen LogP contribution in [0.4, 0.5) is 0 Å². The first-order chi connectivity index (χ1) is 17.9. The molecule has 0 aliphatic carbocycles. The Balaban J connectivity index is 0.00000760. The van der Waals surface area contributed by atoms with Gasteiger partial charge in [-0.2, -0.15) is 0 Å².